The molecule has 0 saturated carbocycles. The summed E-state index contributed by atoms with van der Waals surface area (Å²) < 4.78 is 19.3. The fourth-order valence-corrected chi connectivity index (χ4v) is 2.73. The highest BCUT2D eigenvalue weighted by atomic mass is 32.1. The number of fused-ring (bicyclic) bond motifs is 1. The molecule has 3 aromatic rings. The molecule has 2 aromatic heterocycles. The summed E-state index contributed by atoms with van der Waals surface area (Å²) in [4.78, 5) is 20.2. The molecule has 0 aliphatic rings. The lowest BCUT2D eigenvalue weighted by Crippen LogP contribution is -2.13. The number of ether oxygens (including phenoxy) is 1. The third-order valence-electron chi connectivity index (χ3n) is 2.80. The second-order valence-electron chi connectivity index (χ2n) is 4.12. The van der Waals surface area contributed by atoms with Crippen LogP contribution in [0.25, 0.3) is 10.2 Å². The molecule has 0 fully saturated rings. The molecule has 7 heteroatoms. The number of para-hydroxylation sites is 1. The van der Waals surface area contributed by atoms with Gasteiger partial charge in [0.1, 0.15) is 16.9 Å². The summed E-state index contributed by atoms with van der Waals surface area (Å²) in [6.07, 6.45) is 1.53. The lowest BCUT2D eigenvalue weighted by atomic mass is 10.2. The standard InChI is InChI=1S/C14H10FN3O2S/c1-20-13-8(4-3-7-16-13)12(19)18-14-17-11-9(15)5-2-6-10(11)21-14/h2-7H,1H3,(H,17,18,19). The molecule has 1 aromatic carbocycles. The van der Waals surface area contributed by atoms with Gasteiger partial charge in [-0.15, -0.1) is 0 Å². The van der Waals surface area contributed by atoms with E-state index in [1.165, 1.54) is 30.7 Å². The van der Waals surface area contributed by atoms with Crippen LogP contribution in [0.1, 0.15) is 10.4 Å². The van der Waals surface area contributed by atoms with Crippen molar-refractivity contribution in [1.82, 2.24) is 9.97 Å². The summed E-state index contributed by atoms with van der Waals surface area (Å²) in [7, 11) is 1.44. The van der Waals surface area contributed by atoms with Crippen LogP contribution in [0, 0.1) is 5.82 Å². The number of hydrogen-bond donors (Lipinski definition) is 1. The number of amides is 1. The highest BCUT2D eigenvalue weighted by Gasteiger charge is 2.15. The van der Waals surface area contributed by atoms with Crippen LogP contribution in [0.4, 0.5) is 9.52 Å². The number of benzene rings is 1. The molecule has 0 spiro atoms. The van der Waals surface area contributed by atoms with E-state index in [0.717, 1.165) is 0 Å². The van der Waals surface area contributed by atoms with Crippen LogP contribution in [0.3, 0.4) is 0 Å². The smallest absolute Gasteiger partial charge is 0.262 e. The van der Waals surface area contributed by atoms with E-state index >= 15 is 0 Å². The van der Waals surface area contributed by atoms with Crippen molar-refractivity contribution in [3.8, 4) is 5.88 Å². The number of carbonyl (C=O) groups excluding carboxylic acids is 1. The Hall–Kier alpha value is -2.54. The third-order valence-corrected chi connectivity index (χ3v) is 3.74. The average molecular weight is 303 g/mol. The van der Waals surface area contributed by atoms with E-state index in [0.29, 0.717) is 15.4 Å². The maximum Gasteiger partial charge on any atom is 0.262 e. The molecule has 0 atom stereocenters. The van der Waals surface area contributed by atoms with Crippen LogP contribution in [0.5, 0.6) is 5.88 Å². The van der Waals surface area contributed by atoms with Crippen LogP contribution in [0.15, 0.2) is 36.5 Å². The molecule has 106 valence electrons. The lowest BCUT2D eigenvalue weighted by molar-refractivity contribution is 0.102. The Morgan fingerprint density at radius 1 is 1.33 bits per heavy atom. The number of hydrogen-bond acceptors (Lipinski definition) is 5. The fraction of sp³-hybridized carbons (Fsp3) is 0.0714. The number of carbonyl (C=O) groups is 1. The quantitative estimate of drug-likeness (QED) is 0.807. The molecule has 1 N–H and O–H groups in total. The molecule has 3 rings (SSSR count). The zero-order valence-electron chi connectivity index (χ0n) is 11.0. The number of halogens is 1. The summed E-state index contributed by atoms with van der Waals surface area (Å²) in [6.45, 7) is 0. The first kappa shape index (κ1) is 13.4. The van der Waals surface area contributed by atoms with Gasteiger partial charge in [-0.3, -0.25) is 10.1 Å². The predicted octanol–water partition coefficient (Wildman–Crippen LogP) is 3.09. The Balaban J connectivity index is 1.91. The number of rotatable bonds is 3. The first-order valence-electron chi connectivity index (χ1n) is 6.04. The van der Waals surface area contributed by atoms with Gasteiger partial charge >= 0.3 is 0 Å². The number of pyridine rings is 1. The van der Waals surface area contributed by atoms with Gasteiger partial charge in [-0.25, -0.2) is 14.4 Å². The Labute approximate surface area is 123 Å². The normalized spacial score (nSPS) is 10.6. The number of nitrogens with zero attached hydrogens (tertiary/aromatic N) is 2. The van der Waals surface area contributed by atoms with Gasteiger partial charge in [0.2, 0.25) is 5.88 Å². The van der Waals surface area contributed by atoms with Crippen LogP contribution in [-0.2, 0) is 0 Å². The summed E-state index contributed by atoms with van der Waals surface area (Å²) in [5.41, 5.74) is 0.538. The van der Waals surface area contributed by atoms with Crippen molar-refractivity contribution in [2.24, 2.45) is 0 Å². The Morgan fingerprint density at radius 2 is 2.19 bits per heavy atom. The number of aromatic nitrogens is 2. The van der Waals surface area contributed by atoms with Gasteiger partial charge in [0.05, 0.1) is 11.8 Å². The molecule has 0 unspecified atom stereocenters. The molecular weight excluding hydrogens is 293 g/mol. The van der Waals surface area contributed by atoms with E-state index in [2.05, 4.69) is 15.3 Å². The fourth-order valence-electron chi connectivity index (χ4n) is 1.86. The van der Waals surface area contributed by atoms with Crippen LogP contribution < -0.4 is 10.1 Å². The van der Waals surface area contributed by atoms with Gasteiger partial charge in [0.15, 0.2) is 5.13 Å². The summed E-state index contributed by atoms with van der Waals surface area (Å²) in [5.74, 6) is -0.593. The van der Waals surface area contributed by atoms with Crippen molar-refractivity contribution in [3.63, 3.8) is 0 Å². The van der Waals surface area contributed by atoms with E-state index in [1.54, 1.807) is 24.3 Å². The topological polar surface area (TPSA) is 64.1 Å². The molecule has 21 heavy (non-hydrogen) atoms. The van der Waals surface area contributed by atoms with Gasteiger partial charge in [-0.05, 0) is 24.3 Å². The van der Waals surface area contributed by atoms with Gasteiger partial charge in [-0.2, -0.15) is 0 Å². The average Bonchev–Trinajstić information content (AvgIpc) is 2.91. The van der Waals surface area contributed by atoms with Gasteiger partial charge in [0.25, 0.3) is 5.91 Å². The minimum atomic E-state index is -0.414. The van der Waals surface area contributed by atoms with Crippen LogP contribution in [-0.4, -0.2) is 23.0 Å². The zero-order valence-corrected chi connectivity index (χ0v) is 11.8. The predicted molar refractivity (Wildman–Crippen MR) is 78.3 cm³/mol. The molecule has 0 aliphatic carbocycles. The lowest BCUT2D eigenvalue weighted by Gasteiger charge is -2.05. The summed E-state index contributed by atoms with van der Waals surface area (Å²) in [6, 6.07) is 7.91. The molecular formula is C14H10FN3O2S. The van der Waals surface area contributed by atoms with E-state index < -0.39 is 11.7 Å². The molecule has 0 radical (unpaired) electrons. The Bertz CT molecular complexity index is 819. The first-order chi connectivity index (χ1) is 10.2. The molecule has 5 nitrogen and oxygen atoms in total. The van der Waals surface area contributed by atoms with Crippen molar-refractivity contribution < 1.29 is 13.9 Å². The second kappa shape index (κ2) is 5.45. The molecule has 2 heterocycles. The van der Waals surface area contributed by atoms with E-state index in [4.69, 9.17) is 4.74 Å². The monoisotopic (exact) mass is 303 g/mol. The third kappa shape index (κ3) is 2.55. The number of nitrogens with one attached hydrogen (secondary N) is 1. The van der Waals surface area contributed by atoms with E-state index in [1.807, 2.05) is 0 Å². The SMILES string of the molecule is COc1ncccc1C(=O)Nc1nc2c(F)cccc2s1. The number of anilines is 1. The van der Waals surface area contributed by atoms with Crippen molar-refractivity contribution in [1.29, 1.82) is 0 Å². The minimum absolute atomic E-state index is 0.224. The number of methoxy groups -OCH3 is 1. The van der Waals surface area contributed by atoms with Crippen molar-refractivity contribution in [3.05, 3.63) is 47.9 Å². The molecule has 1 amide bonds. The van der Waals surface area contributed by atoms with Crippen molar-refractivity contribution >= 4 is 32.6 Å². The van der Waals surface area contributed by atoms with Gasteiger partial charge < -0.3 is 4.74 Å². The second-order valence-corrected chi connectivity index (χ2v) is 5.15. The molecule has 0 bridgehead atoms. The summed E-state index contributed by atoms with van der Waals surface area (Å²) >= 11 is 1.20. The van der Waals surface area contributed by atoms with Crippen molar-refractivity contribution in [2.75, 3.05) is 12.4 Å². The van der Waals surface area contributed by atoms with E-state index in [9.17, 15) is 9.18 Å². The molecule has 0 aliphatic heterocycles. The summed E-state index contributed by atoms with van der Waals surface area (Å²) in [5, 5.41) is 2.96. The van der Waals surface area contributed by atoms with E-state index in [-0.39, 0.29) is 11.4 Å². The Kier molecular flexibility index (Phi) is 3.49. The highest BCUT2D eigenvalue weighted by molar-refractivity contribution is 7.22. The maximum atomic E-state index is 13.6. The van der Waals surface area contributed by atoms with Gasteiger partial charge in [0, 0.05) is 6.20 Å². The minimum Gasteiger partial charge on any atom is -0.480 e. The number of thiazole rings is 1. The Morgan fingerprint density at radius 3 is 2.95 bits per heavy atom. The van der Waals surface area contributed by atoms with Crippen LogP contribution >= 0.6 is 11.3 Å². The zero-order chi connectivity index (χ0) is 14.8. The van der Waals surface area contributed by atoms with Gasteiger partial charge in [-0.1, -0.05) is 17.4 Å². The maximum absolute atomic E-state index is 13.6. The highest BCUT2D eigenvalue weighted by Crippen LogP contribution is 2.28. The first-order valence-corrected chi connectivity index (χ1v) is 6.86. The molecule has 0 saturated heterocycles. The van der Waals surface area contributed by atoms with Crippen molar-refractivity contribution in [2.45, 2.75) is 0 Å². The largest absolute Gasteiger partial charge is 0.480 e. The van der Waals surface area contributed by atoms with Crippen LogP contribution in [0.2, 0.25) is 0 Å².